The number of unbranched alkanes of at least 4 members (excludes halogenated alkanes) is 18. The summed E-state index contributed by atoms with van der Waals surface area (Å²) in [5.41, 5.74) is 15.3. The number of anilines is 1. The van der Waals surface area contributed by atoms with E-state index < -0.39 is 0 Å². The summed E-state index contributed by atoms with van der Waals surface area (Å²) in [4.78, 5) is 4.90. The van der Waals surface area contributed by atoms with E-state index in [0.717, 1.165) is 34.5 Å². The molecular weight excluding hydrogens is 755 g/mol. The lowest BCUT2D eigenvalue weighted by atomic mass is 9.87. The first-order valence-corrected chi connectivity index (χ1v) is 25.0. The molecule has 0 aliphatic carbocycles. The zero-order chi connectivity index (χ0) is 43.4. The average molecular weight is 834 g/mol. The summed E-state index contributed by atoms with van der Waals surface area (Å²) in [6.07, 6.45) is 36.6. The lowest BCUT2D eigenvalue weighted by molar-refractivity contribution is 0.556. The first-order chi connectivity index (χ1) is 30.3. The number of hydrogen-bond acceptors (Lipinski definition) is 4. The number of oxazole rings is 1. The molecule has 1 unspecified atom stereocenters. The molecule has 62 heavy (non-hydrogen) atoms. The van der Waals surface area contributed by atoms with Crippen molar-refractivity contribution in [1.82, 2.24) is 10.4 Å². The Morgan fingerprint density at radius 1 is 0.581 bits per heavy atom. The zero-order valence-electron chi connectivity index (χ0n) is 39.3. The van der Waals surface area contributed by atoms with E-state index in [9.17, 15) is 0 Å². The molecule has 4 heteroatoms. The molecule has 0 fully saturated rings. The molecule has 0 amide bonds. The lowest BCUT2D eigenvalue weighted by Crippen LogP contribution is -2.34. The van der Waals surface area contributed by atoms with E-state index in [1.807, 2.05) is 0 Å². The summed E-state index contributed by atoms with van der Waals surface area (Å²) in [6.45, 7) is 11.3. The van der Waals surface area contributed by atoms with Gasteiger partial charge in [0, 0.05) is 5.56 Å². The Balaban J connectivity index is 1.07. The molecule has 4 nitrogen and oxygen atoms in total. The van der Waals surface area contributed by atoms with Crippen LogP contribution < -0.4 is 10.4 Å². The molecule has 332 valence electrons. The minimum atomic E-state index is 0.0513. The Morgan fingerprint density at radius 3 is 1.63 bits per heavy atom. The molecule has 0 radical (unpaired) electrons. The largest absolute Gasteiger partial charge is 0.436 e. The quantitative estimate of drug-likeness (QED) is 0.0535. The van der Waals surface area contributed by atoms with Gasteiger partial charge in [0.2, 0.25) is 5.89 Å². The van der Waals surface area contributed by atoms with Crippen LogP contribution in [0.25, 0.3) is 28.6 Å². The summed E-state index contributed by atoms with van der Waals surface area (Å²) >= 11 is 0. The van der Waals surface area contributed by atoms with Gasteiger partial charge in [0.05, 0.1) is 17.4 Å². The van der Waals surface area contributed by atoms with Crippen LogP contribution in [0.4, 0.5) is 5.69 Å². The van der Waals surface area contributed by atoms with Crippen LogP contribution in [-0.4, -0.2) is 4.98 Å². The predicted molar refractivity (Wildman–Crippen MR) is 268 cm³/mol. The molecule has 1 aliphatic heterocycles. The molecule has 2 heterocycles. The van der Waals surface area contributed by atoms with Gasteiger partial charge in [-0.3, -0.25) is 10.4 Å². The molecule has 5 aromatic rings. The summed E-state index contributed by atoms with van der Waals surface area (Å²) in [7, 11) is 0. The first kappa shape index (κ1) is 46.9. The molecule has 0 spiro atoms. The lowest BCUT2D eigenvalue weighted by Gasteiger charge is -2.27. The fourth-order valence-electron chi connectivity index (χ4n) is 8.83. The first-order valence-electron chi connectivity index (χ1n) is 25.0. The number of nitrogens with zero attached hydrogens (tertiary/aromatic N) is 2. The van der Waals surface area contributed by atoms with Crippen molar-refractivity contribution in [2.75, 3.05) is 5.01 Å². The molecule has 4 aromatic carbocycles. The van der Waals surface area contributed by atoms with Crippen molar-refractivity contribution in [1.29, 1.82) is 0 Å². The molecule has 6 rings (SSSR count). The summed E-state index contributed by atoms with van der Waals surface area (Å²) in [6, 6.07) is 33.6. The van der Waals surface area contributed by atoms with Gasteiger partial charge in [0.1, 0.15) is 5.52 Å². The normalized spacial score (nSPS) is 14.3. The zero-order valence-corrected chi connectivity index (χ0v) is 39.3. The van der Waals surface area contributed by atoms with Crippen LogP contribution in [0.3, 0.4) is 0 Å². The van der Waals surface area contributed by atoms with Gasteiger partial charge in [-0.2, -0.15) is 0 Å². The number of allylic oxidation sites excluding steroid dienone is 1. The van der Waals surface area contributed by atoms with Gasteiger partial charge in [-0.25, -0.2) is 4.98 Å². The van der Waals surface area contributed by atoms with Gasteiger partial charge >= 0.3 is 0 Å². The van der Waals surface area contributed by atoms with E-state index in [2.05, 4.69) is 154 Å². The molecule has 0 saturated carbocycles. The van der Waals surface area contributed by atoms with Crippen molar-refractivity contribution in [3.8, 4) is 11.5 Å². The fourth-order valence-corrected chi connectivity index (χ4v) is 8.83. The van der Waals surface area contributed by atoms with Crippen molar-refractivity contribution >= 4 is 22.9 Å². The minimum absolute atomic E-state index is 0.0513. The van der Waals surface area contributed by atoms with Gasteiger partial charge in [-0.1, -0.05) is 211 Å². The third-order valence-electron chi connectivity index (χ3n) is 12.9. The van der Waals surface area contributed by atoms with Gasteiger partial charge in [-0.05, 0) is 107 Å². The van der Waals surface area contributed by atoms with Gasteiger partial charge in [0.15, 0.2) is 5.58 Å². The second-order valence-corrected chi connectivity index (χ2v) is 19.2. The number of hydrazine groups is 1. The van der Waals surface area contributed by atoms with Crippen molar-refractivity contribution in [3.05, 3.63) is 137 Å². The third-order valence-corrected chi connectivity index (χ3v) is 12.9. The van der Waals surface area contributed by atoms with E-state index in [-0.39, 0.29) is 11.5 Å². The fraction of sp³-hybridized carbons (Fsp3) is 0.500. The van der Waals surface area contributed by atoms with Crippen LogP contribution in [0.2, 0.25) is 0 Å². The Bertz CT molecular complexity index is 2080. The number of aryl methyl sites for hydroxylation is 2. The van der Waals surface area contributed by atoms with Crippen LogP contribution in [0, 0.1) is 0 Å². The Morgan fingerprint density at radius 2 is 1.10 bits per heavy atom. The van der Waals surface area contributed by atoms with Crippen molar-refractivity contribution < 1.29 is 4.42 Å². The number of rotatable bonds is 27. The minimum Gasteiger partial charge on any atom is -0.436 e. The van der Waals surface area contributed by atoms with E-state index in [4.69, 9.17) is 9.40 Å². The highest BCUT2D eigenvalue weighted by molar-refractivity contribution is 5.77. The van der Waals surface area contributed by atoms with Crippen LogP contribution >= 0.6 is 0 Å². The van der Waals surface area contributed by atoms with Crippen LogP contribution in [0.1, 0.15) is 197 Å². The summed E-state index contributed by atoms with van der Waals surface area (Å²) in [5.74, 6) is 0.651. The molecule has 1 atom stereocenters. The topological polar surface area (TPSA) is 41.3 Å². The molecule has 0 bridgehead atoms. The smallest absolute Gasteiger partial charge is 0.227 e. The molecule has 1 N–H and O–H groups in total. The highest BCUT2D eigenvalue weighted by Gasteiger charge is 2.26. The van der Waals surface area contributed by atoms with Crippen LogP contribution in [-0.2, 0) is 18.3 Å². The highest BCUT2D eigenvalue weighted by Crippen LogP contribution is 2.35. The second kappa shape index (κ2) is 24.9. The van der Waals surface area contributed by atoms with Crippen molar-refractivity contribution in [2.45, 2.75) is 187 Å². The van der Waals surface area contributed by atoms with E-state index >= 15 is 0 Å². The van der Waals surface area contributed by atoms with E-state index in [1.165, 1.54) is 163 Å². The van der Waals surface area contributed by atoms with Crippen molar-refractivity contribution in [2.24, 2.45) is 0 Å². The number of nitrogens with one attached hydrogen (secondary N) is 1. The summed E-state index contributed by atoms with van der Waals surface area (Å²) < 4.78 is 6.25. The van der Waals surface area contributed by atoms with Crippen LogP contribution in [0.15, 0.2) is 113 Å². The molecule has 0 saturated heterocycles. The standard InChI is InChI=1S/C58H79N3O/c1-6-8-10-12-14-16-18-20-22-24-26-46-28-30-48(31-29-46)34-40-52-45-55(49-35-32-47(33-36-49)27-25-23-21-19-17-15-13-11-9-7-2)61(60-52)53-41-37-50(38-42-53)57-59-54-44-51(58(3,4)5)39-43-56(54)62-57/h28-45,55,60H,6-27H2,1-5H3. The Labute approximate surface area is 376 Å². The SMILES string of the molecule is CCCCCCCCCCCCc1ccc(C=CC2=CC(c3ccc(CCCCCCCCCCCC)cc3)N(c3ccc(-c4nc5cc(C(C)(C)C)ccc5o4)cc3)N2)cc1. The highest BCUT2D eigenvalue weighted by atomic mass is 16.3. The van der Waals surface area contributed by atoms with Crippen LogP contribution in [0.5, 0.6) is 0 Å². The number of fused-ring (bicyclic) bond motifs is 1. The Kier molecular flexibility index (Phi) is 18.9. The Hall–Kier alpha value is -4.57. The average Bonchev–Trinajstić information content (AvgIpc) is 3.92. The molecule has 1 aliphatic rings. The van der Waals surface area contributed by atoms with Gasteiger partial charge < -0.3 is 4.42 Å². The maximum absolute atomic E-state index is 6.25. The molecular formula is C58H79N3O. The number of hydrogen-bond donors (Lipinski definition) is 1. The van der Waals surface area contributed by atoms with Gasteiger partial charge in [0.25, 0.3) is 0 Å². The number of aromatic nitrogens is 1. The number of benzene rings is 4. The third kappa shape index (κ3) is 14.8. The van der Waals surface area contributed by atoms with Crippen molar-refractivity contribution in [3.63, 3.8) is 0 Å². The van der Waals surface area contributed by atoms with Gasteiger partial charge in [-0.15, -0.1) is 0 Å². The predicted octanol–water partition coefficient (Wildman–Crippen LogP) is 17.4. The van der Waals surface area contributed by atoms with E-state index in [1.54, 1.807) is 0 Å². The second-order valence-electron chi connectivity index (χ2n) is 19.2. The maximum atomic E-state index is 6.25. The maximum Gasteiger partial charge on any atom is 0.227 e. The monoisotopic (exact) mass is 834 g/mol. The van der Waals surface area contributed by atoms with E-state index in [0.29, 0.717) is 5.89 Å². The summed E-state index contributed by atoms with van der Waals surface area (Å²) in [5, 5.41) is 2.29. The molecule has 1 aromatic heterocycles.